The van der Waals surface area contributed by atoms with Gasteiger partial charge in [0.05, 0.1) is 6.10 Å². The minimum Gasteiger partial charge on any atom is -0.393 e. The third-order valence-electron chi connectivity index (χ3n) is 3.66. The molecule has 2 unspecified atom stereocenters. The minimum absolute atomic E-state index is 0.0537. The lowest BCUT2D eigenvalue weighted by molar-refractivity contribution is -0.136. The molecule has 0 aromatic heterocycles. The van der Waals surface area contributed by atoms with Gasteiger partial charge in [-0.3, -0.25) is 4.79 Å². The molecule has 1 amide bonds. The summed E-state index contributed by atoms with van der Waals surface area (Å²) in [6, 6.07) is 0. The van der Waals surface area contributed by atoms with Crippen molar-refractivity contribution in [3.63, 3.8) is 0 Å². The molecule has 0 spiro atoms. The van der Waals surface area contributed by atoms with Crippen molar-refractivity contribution in [2.24, 2.45) is 11.8 Å². The number of carbonyl (C=O) groups excluding carboxylic acids is 1. The van der Waals surface area contributed by atoms with Crippen LogP contribution in [-0.4, -0.2) is 48.2 Å². The van der Waals surface area contributed by atoms with Crippen LogP contribution in [0.3, 0.4) is 0 Å². The Kier molecular flexibility index (Phi) is 5.92. The van der Waals surface area contributed by atoms with E-state index in [2.05, 4.69) is 5.32 Å². The van der Waals surface area contributed by atoms with Crippen LogP contribution in [-0.2, 0) is 4.79 Å². The lowest BCUT2D eigenvalue weighted by Gasteiger charge is -2.34. The van der Waals surface area contributed by atoms with Gasteiger partial charge >= 0.3 is 0 Å². The maximum atomic E-state index is 12.1. The predicted octanol–water partition coefficient (Wildman–Crippen LogP) is 0.851. The summed E-state index contributed by atoms with van der Waals surface area (Å²) in [5.74, 6) is 0.663. The molecule has 17 heavy (non-hydrogen) atoms. The summed E-state index contributed by atoms with van der Waals surface area (Å²) in [5.41, 5.74) is 0. The molecule has 1 aliphatic rings. The summed E-state index contributed by atoms with van der Waals surface area (Å²) >= 11 is 0. The first-order chi connectivity index (χ1) is 8.06. The van der Waals surface area contributed by atoms with Gasteiger partial charge in [-0.15, -0.1) is 0 Å². The zero-order valence-corrected chi connectivity index (χ0v) is 11.3. The second-order valence-electron chi connectivity index (χ2n) is 5.11. The third-order valence-corrected chi connectivity index (χ3v) is 3.66. The van der Waals surface area contributed by atoms with Gasteiger partial charge in [-0.05, 0) is 32.2 Å². The summed E-state index contributed by atoms with van der Waals surface area (Å²) in [4.78, 5) is 14.0. The fourth-order valence-corrected chi connectivity index (χ4v) is 2.36. The smallest absolute Gasteiger partial charge is 0.226 e. The minimum atomic E-state index is -0.244. The molecular weight excluding hydrogens is 216 g/mol. The first-order valence-electron chi connectivity index (χ1n) is 6.73. The number of nitrogens with zero attached hydrogens (tertiary/aromatic N) is 1. The normalized spacial score (nSPS) is 21.3. The Hall–Kier alpha value is -0.610. The lowest BCUT2D eigenvalue weighted by atomic mass is 9.91. The summed E-state index contributed by atoms with van der Waals surface area (Å²) < 4.78 is 0. The fraction of sp³-hybridized carbons (Fsp3) is 0.923. The van der Waals surface area contributed by atoms with E-state index in [1.54, 1.807) is 0 Å². The van der Waals surface area contributed by atoms with Crippen molar-refractivity contribution in [1.29, 1.82) is 0 Å². The highest BCUT2D eigenvalue weighted by molar-refractivity contribution is 5.78. The molecule has 0 saturated carbocycles. The van der Waals surface area contributed by atoms with Crippen LogP contribution in [0.2, 0.25) is 0 Å². The van der Waals surface area contributed by atoms with Gasteiger partial charge in [-0.25, -0.2) is 0 Å². The number of hydrogen-bond acceptors (Lipinski definition) is 3. The van der Waals surface area contributed by atoms with Crippen molar-refractivity contribution in [2.45, 2.75) is 39.7 Å². The van der Waals surface area contributed by atoms with E-state index in [4.69, 9.17) is 0 Å². The van der Waals surface area contributed by atoms with Gasteiger partial charge in [0.1, 0.15) is 0 Å². The number of nitrogens with one attached hydrogen (secondary N) is 1. The molecule has 4 nitrogen and oxygen atoms in total. The van der Waals surface area contributed by atoms with Crippen LogP contribution in [0, 0.1) is 11.8 Å². The van der Waals surface area contributed by atoms with E-state index in [1.165, 1.54) is 0 Å². The number of amides is 1. The molecule has 0 radical (unpaired) electrons. The van der Waals surface area contributed by atoms with Gasteiger partial charge < -0.3 is 15.3 Å². The van der Waals surface area contributed by atoms with E-state index < -0.39 is 0 Å². The third kappa shape index (κ3) is 4.28. The second-order valence-corrected chi connectivity index (χ2v) is 5.11. The van der Waals surface area contributed by atoms with Crippen molar-refractivity contribution < 1.29 is 9.90 Å². The van der Waals surface area contributed by atoms with Crippen molar-refractivity contribution in [2.75, 3.05) is 26.2 Å². The number of piperidine rings is 1. The summed E-state index contributed by atoms with van der Waals surface area (Å²) in [6.07, 6.45) is 1.61. The molecule has 1 fully saturated rings. The van der Waals surface area contributed by atoms with Crippen LogP contribution in [0.4, 0.5) is 0 Å². The SMILES string of the molecule is CCNCC(C)C(=O)N1CCC(C(C)O)CC1. The zero-order valence-electron chi connectivity index (χ0n) is 11.3. The van der Waals surface area contributed by atoms with E-state index in [0.717, 1.165) is 39.0 Å². The van der Waals surface area contributed by atoms with Gasteiger partial charge in [0, 0.05) is 25.6 Å². The Morgan fingerprint density at radius 2 is 2.00 bits per heavy atom. The number of aliphatic hydroxyl groups is 1. The largest absolute Gasteiger partial charge is 0.393 e. The van der Waals surface area contributed by atoms with Crippen LogP contribution in [0.1, 0.15) is 33.6 Å². The van der Waals surface area contributed by atoms with Crippen molar-refractivity contribution in [1.82, 2.24) is 10.2 Å². The monoisotopic (exact) mass is 242 g/mol. The first-order valence-corrected chi connectivity index (χ1v) is 6.73. The summed E-state index contributed by atoms with van der Waals surface area (Å²) in [6.45, 7) is 9.12. The number of carbonyl (C=O) groups is 1. The van der Waals surface area contributed by atoms with Crippen molar-refractivity contribution >= 4 is 5.91 Å². The van der Waals surface area contributed by atoms with Gasteiger partial charge in [-0.2, -0.15) is 0 Å². The molecule has 1 rings (SSSR count). The molecule has 4 heteroatoms. The molecule has 1 saturated heterocycles. The van der Waals surface area contributed by atoms with E-state index in [1.807, 2.05) is 25.7 Å². The van der Waals surface area contributed by atoms with Crippen LogP contribution in [0.15, 0.2) is 0 Å². The number of aliphatic hydroxyl groups excluding tert-OH is 1. The molecular formula is C13H26N2O2. The van der Waals surface area contributed by atoms with Crippen LogP contribution in [0.25, 0.3) is 0 Å². The maximum Gasteiger partial charge on any atom is 0.226 e. The molecule has 100 valence electrons. The lowest BCUT2D eigenvalue weighted by Crippen LogP contribution is -2.44. The zero-order chi connectivity index (χ0) is 12.8. The summed E-state index contributed by atoms with van der Waals surface area (Å²) in [5, 5.41) is 12.7. The molecule has 1 aliphatic heterocycles. The number of rotatable bonds is 5. The van der Waals surface area contributed by atoms with Gasteiger partial charge in [0.15, 0.2) is 0 Å². The summed E-state index contributed by atoms with van der Waals surface area (Å²) in [7, 11) is 0. The van der Waals surface area contributed by atoms with E-state index >= 15 is 0 Å². The second kappa shape index (κ2) is 6.97. The Bertz CT molecular complexity index is 236. The van der Waals surface area contributed by atoms with Crippen molar-refractivity contribution in [3.05, 3.63) is 0 Å². The fourth-order valence-electron chi connectivity index (χ4n) is 2.36. The average molecular weight is 242 g/mol. The highest BCUT2D eigenvalue weighted by Crippen LogP contribution is 2.21. The standard InChI is InChI=1S/C13H26N2O2/c1-4-14-9-10(2)13(17)15-7-5-12(6-8-15)11(3)16/h10-12,14,16H,4-9H2,1-3H3. The Balaban J connectivity index is 2.35. The van der Waals surface area contributed by atoms with Crippen LogP contribution >= 0.6 is 0 Å². The highest BCUT2D eigenvalue weighted by Gasteiger charge is 2.27. The quantitative estimate of drug-likeness (QED) is 0.751. The molecule has 1 heterocycles. The predicted molar refractivity (Wildman–Crippen MR) is 68.7 cm³/mol. The molecule has 0 bridgehead atoms. The number of likely N-dealkylation sites (tertiary alicyclic amines) is 1. The molecule has 2 atom stereocenters. The van der Waals surface area contributed by atoms with Gasteiger partial charge in [0.25, 0.3) is 0 Å². The van der Waals surface area contributed by atoms with E-state index in [9.17, 15) is 9.90 Å². The maximum absolute atomic E-state index is 12.1. The van der Waals surface area contributed by atoms with Gasteiger partial charge in [-0.1, -0.05) is 13.8 Å². The van der Waals surface area contributed by atoms with E-state index in [0.29, 0.717) is 5.92 Å². The number of hydrogen-bond donors (Lipinski definition) is 2. The Labute approximate surface area is 104 Å². The van der Waals surface area contributed by atoms with Crippen LogP contribution in [0.5, 0.6) is 0 Å². The molecule has 0 aromatic rings. The molecule has 0 aliphatic carbocycles. The topological polar surface area (TPSA) is 52.6 Å². The van der Waals surface area contributed by atoms with E-state index in [-0.39, 0.29) is 17.9 Å². The Morgan fingerprint density at radius 3 is 2.47 bits per heavy atom. The molecule has 2 N–H and O–H groups in total. The van der Waals surface area contributed by atoms with Crippen molar-refractivity contribution in [3.8, 4) is 0 Å². The molecule has 0 aromatic carbocycles. The Morgan fingerprint density at radius 1 is 1.41 bits per heavy atom. The van der Waals surface area contributed by atoms with Crippen LogP contribution < -0.4 is 5.32 Å². The van der Waals surface area contributed by atoms with Gasteiger partial charge in [0.2, 0.25) is 5.91 Å². The highest BCUT2D eigenvalue weighted by atomic mass is 16.3. The average Bonchev–Trinajstić information content (AvgIpc) is 2.35. The first kappa shape index (κ1) is 14.5.